The molecule has 1 unspecified atom stereocenters. The van der Waals surface area contributed by atoms with Crippen molar-refractivity contribution in [2.24, 2.45) is 11.7 Å². The summed E-state index contributed by atoms with van der Waals surface area (Å²) in [6.07, 6.45) is 0.824. The number of likely N-dealkylation sites (tertiary alicyclic amines) is 1. The van der Waals surface area contributed by atoms with Crippen LogP contribution in [0.25, 0.3) is 0 Å². The van der Waals surface area contributed by atoms with Gasteiger partial charge in [-0.25, -0.2) is 0 Å². The fraction of sp³-hybridized carbons (Fsp3) is 0.500. The summed E-state index contributed by atoms with van der Waals surface area (Å²) < 4.78 is 28.5. The second-order valence-corrected chi connectivity index (χ2v) is 5.72. The zero-order valence-electron chi connectivity index (χ0n) is 11.2. The van der Waals surface area contributed by atoms with Crippen LogP contribution in [0.4, 0.5) is 8.78 Å². The first kappa shape index (κ1) is 15.2. The second kappa shape index (κ2) is 5.66. The van der Waals surface area contributed by atoms with Gasteiger partial charge in [0, 0.05) is 23.7 Å². The van der Waals surface area contributed by atoms with Crippen LogP contribution in [0, 0.1) is 5.92 Å². The molecule has 110 valence electrons. The second-order valence-electron chi connectivity index (χ2n) is 5.29. The van der Waals surface area contributed by atoms with E-state index in [1.165, 1.54) is 29.2 Å². The van der Waals surface area contributed by atoms with Gasteiger partial charge in [-0.05, 0) is 24.5 Å². The normalized spacial score (nSPS) is 21.1. The molecule has 1 saturated heterocycles. The maximum atomic E-state index is 14.3. The zero-order valence-corrected chi connectivity index (χ0v) is 11.9. The van der Waals surface area contributed by atoms with E-state index in [0.29, 0.717) is 24.0 Å². The molecule has 1 aromatic rings. The number of nitrogens with two attached hydrogens (primary N) is 1. The number of carbonyl (C=O) groups is 1. The summed E-state index contributed by atoms with van der Waals surface area (Å²) in [6, 6.07) is 3.25. The molecule has 1 aliphatic rings. The number of halogens is 3. The molecule has 0 bridgehead atoms. The van der Waals surface area contributed by atoms with Crippen LogP contribution in [0.15, 0.2) is 24.3 Å². The first-order valence-electron chi connectivity index (χ1n) is 6.50. The summed E-state index contributed by atoms with van der Waals surface area (Å²) in [5.41, 5.74) is 5.22. The van der Waals surface area contributed by atoms with Gasteiger partial charge in [-0.15, -0.1) is 0 Å². The van der Waals surface area contributed by atoms with Crippen molar-refractivity contribution < 1.29 is 13.6 Å². The van der Waals surface area contributed by atoms with Crippen molar-refractivity contribution in [2.75, 3.05) is 13.1 Å². The predicted octanol–water partition coefficient (Wildman–Crippen LogP) is 2.63. The van der Waals surface area contributed by atoms with Gasteiger partial charge in [0.2, 0.25) is 5.91 Å². The summed E-state index contributed by atoms with van der Waals surface area (Å²) in [5.74, 6) is -3.78. The molecule has 1 fully saturated rings. The van der Waals surface area contributed by atoms with E-state index in [2.05, 4.69) is 0 Å². The van der Waals surface area contributed by atoms with Crippen LogP contribution in [0.1, 0.15) is 18.9 Å². The van der Waals surface area contributed by atoms with Gasteiger partial charge < -0.3 is 10.6 Å². The highest BCUT2D eigenvalue weighted by Gasteiger charge is 2.45. The van der Waals surface area contributed by atoms with E-state index in [-0.39, 0.29) is 5.56 Å². The number of hydrogen-bond donors (Lipinski definition) is 1. The van der Waals surface area contributed by atoms with Gasteiger partial charge in [-0.3, -0.25) is 4.79 Å². The molecule has 0 spiro atoms. The van der Waals surface area contributed by atoms with Crippen LogP contribution >= 0.6 is 11.6 Å². The number of amides is 1. The summed E-state index contributed by atoms with van der Waals surface area (Å²) in [5, 5.41) is 0.359. The lowest BCUT2D eigenvalue weighted by atomic mass is 10.0. The lowest BCUT2D eigenvalue weighted by Gasteiger charge is -2.27. The molecule has 0 aliphatic carbocycles. The number of hydrogen-bond acceptors (Lipinski definition) is 2. The van der Waals surface area contributed by atoms with Crippen molar-refractivity contribution in [1.82, 2.24) is 4.90 Å². The van der Waals surface area contributed by atoms with Crippen LogP contribution in [0.2, 0.25) is 5.02 Å². The van der Waals surface area contributed by atoms with Gasteiger partial charge in [-0.2, -0.15) is 8.78 Å². The average Bonchev–Trinajstić information content (AvgIpc) is 2.84. The first-order chi connectivity index (χ1) is 9.32. The van der Waals surface area contributed by atoms with Gasteiger partial charge in [0.25, 0.3) is 5.92 Å². The largest absolute Gasteiger partial charge is 0.341 e. The molecule has 2 N–H and O–H groups in total. The third kappa shape index (κ3) is 2.94. The van der Waals surface area contributed by atoms with Crippen LogP contribution < -0.4 is 5.73 Å². The third-order valence-electron chi connectivity index (χ3n) is 3.62. The van der Waals surface area contributed by atoms with Crippen molar-refractivity contribution in [3.05, 3.63) is 34.9 Å². The molecule has 1 heterocycles. The minimum absolute atomic E-state index is 0.296. The molecule has 1 amide bonds. The number of alkyl halides is 2. The van der Waals surface area contributed by atoms with Crippen LogP contribution in [-0.2, 0) is 10.7 Å². The molecule has 2 atom stereocenters. The minimum Gasteiger partial charge on any atom is -0.341 e. The Kier molecular flexibility index (Phi) is 4.30. The van der Waals surface area contributed by atoms with Crippen molar-refractivity contribution in [3.8, 4) is 0 Å². The van der Waals surface area contributed by atoms with Crippen molar-refractivity contribution in [1.29, 1.82) is 0 Å². The monoisotopic (exact) mass is 302 g/mol. The topological polar surface area (TPSA) is 46.3 Å². The quantitative estimate of drug-likeness (QED) is 0.933. The molecular weight excluding hydrogens is 286 g/mol. The number of rotatable bonds is 3. The van der Waals surface area contributed by atoms with E-state index in [1.54, 1.807) is 0 Å². The lowest BCUT2D eigenvalue weighted by molar-refractivity contribution is -0.142. The van der Waals surface area contributed by atoms with Gasteiger partial charge in [0.05, 0.1) is 0 Å². The Morgan fingerprint density at radius 2 is 2.05 bits per heavy atom. The molecule has 3 nitrogen and oxygen atoms in total. The number of benzene rings is 1. The Hall–Kier alpha value is -1.20. The van der Waals surface area contributed by atoms with Gasteiger partial charge in [0.15, 0.2) is 6.04 Å². The fourth-order valence-electron chi connectivity index (χ4n) is 2.34. The SMILES string of the molecule is C[C@@H]1CCN(C(=O)C(N)C(F)(F)c2ccc(Cl)cc2)C1. The summed E-state index contributed by atoms with van der Waals surface area (Å²) in [4.78, 5) is 13.5. The van der Waals surface area contributed by atoms with Gasteiger partial charge >= 0.3 is 0 Å². The summed E-state index contributed by atoms with van der Waals surface area (Å²) in [7, 11) is 0. The number of nitrogens with zero attached hydrogens (tertiary/aromatic N) is 1. The van der Waals surface area contributed by atoms with E-state index in [4.69, 9.17) is 17.3 Å². The minimum atomic E-state index is -3.41. The molecule has 0 saturated carbocycles. The van der Waals surface area contributed by atoms with Crippen molar-refractivity contribution in [3.63, 3.8) is 0 Å². The zero-order chi connectivity index (χ0) is 14.9. The highest BCUT2D eigenvalue weighted by Crippen LogP contribution is 2.33. The Morgan fingerprint density at radius 3 is 2.55 bits per heavy atom. The van der Waals surface area contributed by atoms with Crippen LogP contribution in [-0.4, -0.2) is 29.9 Å². The molecule has 1 aromatic carbocycles. The average molecular weight is 303 g/mol. The van der Waals surface area contributed by atoms with Crippen LogP contribution in [0.5, 0.6) is 0 Å². The molecule has 1 aliphatic heterocycles. The third-order valence-corrected chi connectivity index (χ3v) is 3.87. The summed E-state index contributed by atoms with van der Waals surface area (Å²) in [6.45, 7) is 2.96. The van der Waals surface area contributed by atoms with Gasteiger partial charge in [0.1, 0.15) is 0 Å². The molecular formula is C14H17ClF2N2O. The molecule has 2 rings (SSSR count). The molecule has 0 radical (unpaired) electrons. The van der Waals surface area contributed by atoms with E-state index in [9.17, 15) is 13.6 Å². The first-order valence-corrected chi connectivity index (χ1v) is 6.88. The highest BCUT2D eigenvalue weighted by molar-refractivity contribution is 6.30. The standard InChI is InChI=1S/C14H17ClF2N2O/c1-9-6-7-19(8-9)13(20)12(18)14(16,17)10-2-4-11(15)5-3-10/h2-5,9,12H,6-8,18H2,1H3/t9-,12?/m1/s1. The molecule has 20 heavy (non-hydrogen) atoms. The van der Waals surface area contributed by atoms with E-state index in [1.807, 2.05) is 6.92 Å². The van der Waals surface area contributed by atoms with Crippen molar-refractivity contribution in [2.45, 2.75) is 25.3 Å². The maximum absolute atomic E-state index is 14.3. The number of carbonyl (C=O) groups excluding carboxylic acids is 1. The fourth-order valence-corrected chi connectivity index (χ4v) is 2.46. The predicted molar refractivity (Wildman–Crippen MR) is 73.7 cm³/mol. The van der Waals surface area contributed by atoms with E-state index >= 15 is 0 Å². The lowest BCUT2D eigenvalue weighted by Crippen LogP contribution is -2.51. The van der Waals surface area contributed by atoms with Crippen molar-refractivity contribution >= 4 is 17.5 Å². The Balaban J connectivity index is 2.15. The summed E-state index contributed by atoms with van der Waals surface area (Å²) >= 11 is 5.67. The molecule has 6 heteroatoms. The Bertz CT molecular complexity index is 492. The molecule has 0 aromatic heterocycles. The van der Waals surface area contributed by atoms with Gasteiger partial charge in [-0.1, -0.05) is 30.7 Å². The van der Waals surface area contributed by atoms with Crippen LogP contribution in [0.3, 0.4) is 0 Å². The highest BCUT2D eigenvalue weighted by atomic mass is 35.5. The smallest absolute Gasteiger partial charge is 0.296 e. The van der Waals surface area contributed by atoms with E-state index in [0.717, 1.165) is 6.42 Å². The van der Waals surface area contributed by atoms with E-state index < -0.39 is 17.9 Å². The maximum Gasteiger partial charge on any atom is 0.296 e. The Labute approximate surface area is 121 Å². The Morgan fingerprint density at radius 1 is 1.45 bits per heavy atom.